The second kappa shape index (κ2) is 8.95. The van der Waals surface area contributed by atoms with Gasteiger partial charge in [-0.1, -0.05) is 41.9 Å². The number of hydrogen-bond acceptors (Lipinski definition) is 3. The number of methoxy groups -OCH3 is 1. The van der Waals surface area contributed by atoms with Crippen molar-refractivity contribution >= 4 is 24.0 Å². The third-order valence-electron chi connectivity index (χ3n) is 4.00. The molecule has 0 atom stereocenters. The van der Waals surface area contributed by atoms with Crippen LogP contribution in [0.25, 0.3) is 11.3 Å². The van der Waals surface area contributed by atoms with E-state index in [1.165, 1.54) is 0 Å². The first-order valence-electron chi connectivity index (χ1n) is 7.86. The summed E-state index contributed by atoms with van der Waals surface area (Å²) in [4.78, 5) is 0. The van der Waals surface area contributed by atoms with Gasteiger partial charge in [0.2, 0.25) is 0 Å². The topological polar surface area (TPSA) is 34.4 Å². The van der Waals surface area contributed by atoms with E-state index in [1.54, 1.807) is 7.11 Å². The lowest BCUT2D eigenvalue weighted by Crippen LogP contribution is -2.12. The molecule has 25 heavy (non-hydrogen) atoms. The van der Waals surface area contributed by atoms with Gasteiger partial charge in [0.1, 0.15) is 17.3 Å². The van der Waals surface area contributed by atoms with Crippen molar-refractivity contribution in [2.45, 2.75) is 20.0 Å². The minimum absolute atomic E-state index is 0. The Morgan fingerprint density at radius 1 is 1.00 bits per heavy atom. The first-order valence-corrected chi connectivity index (χ1v) is 8.23. The van der Waals surface area contributed by atoms with Crippen molar-refractivity contribution in [2.24, 2.45) is 0 Å². The monoisotopic (exact) mass is 377 g/mol. The Balaban J connectivity index is 0.00000225. The summed E-state index contributed by atoms with van der Waals surface area (Å²) in [7, 11) is 1.69. The van der Waals surface area contributed by atoms with Gasteiger partial charge in [-0.15, -0.1) is 12.4 Å². The van der Waals surface area contributed by atoms with Gasteiger partial charge in [0.05, 0.1) is 13.7 Å². The Kier molecular flexibility index (Phi) is 6.94. The van der Waals surface area contributed by atoms with Gasteiger partial charge >= 0.3 is 0 Å². The molecule has 0 spiro atoms. The van der Waals surface area contributed by atoms with E-state index >= 15 is 0 Å². The van der Waals surface area contributed by atoms with Crippen LogP contribution in [0.4, 0.5) is 0 Å². The lowest BCUT2D eigenvalue weighted by Gasteiger charge is -2.08. The molecule has 0 aliphatic heterocycles. The fourth-order valence-corrected chi connectivity index (χ4v) is 2.84. The molecule has 0 saturated carbocycles. The SMILES string of the molecule is COc1ccccc1CNCc1ccc(-c2cccc(Cl)c2C)o1.Cl. The number of rotatable bonds is 6. The molecule has 0 saturated heterocycles. The molecular formula is C20H21Cl2NO2. The first kappa shape index (κ1) is 19.4. The summed E-state index contributed by atoms with van der Waals surface area (Å²) >= 11 is 6.18. The Hall–Kier alpha value is -1.94. The fourth-order valence-electron chi connectivity index (χ4n) is 2.66. The van der Waals surface area contributed by atoms with Gasteiger partial charge in [0.25, 0.3) is 0 Å². The van der Waals surface area contributed by atoms with Gasteiger partial charge in [-0.2, -0.15) is 0 Å². The van der Waals surface area contributed by atoms with Crippen molar-refractivity contribution in [1.82, 2.24) is 5.32 Å². The zero-order valence-corrected chi connectivity index (χ0v) is 15.8. The van der Waals surface area contributed by atoms with E-state index in [1.807, 2.05) is 55.5 Å². The van der Waals surface area contributed by atoms with E-state index in [0.717, 1.165) is 45.5 Å². The maximum Gasteiger partial charge on any atom is 0.134 e. The van der Waals surface area contributed by atoms with Crippen LogP contribution in [0.3, 0.4) is 0 Å². The predicted octanol–water partition coefficient (Wildman–Crippen LogP) is 5.63. The highest BCUT2D eigenvalue weighted by atomic mass is 35.5. The van der Waals surface area contributed by atoms with Crippen molar-refractivity contribution in [3.05, 3.63) is 76.5 Å². The molecule has 3 rings (SSSR count). The first-order chi connectivity index (χ1) is 11.7. The number of para-hydroxylation sites is 1. The zero-order valence-electron chi connectivity index (χ0n) is 14.2. The van der Waals surface area contributed by atoms with Gasteiger partial charge in [-0.25, -0.2) is 0 Å². The van der Waals surface area contributed by atoms with Crippen LogP contribution in [0.5, 0.6) is 5.75 Å². The number of nitrogens with one attached hydrogen (secondary N) is 1. The van der Waals surface area contributed by atoms with Crippen LogP contribution in [0.2, 0.25) is 5.02 Å². The van der Waals surface area contributed by atoms with Crippen LogP contribution in [0, 0.1) is 6.92 Å². The van der Waals surface area contributed by atoms with Crippen molar-refractivity contribution in [3.8, 4) is 17.1 Å². The molecule has 0 unspecified atom stereocenters. The average Bonchev–Trinajstić information content (AvgIpc) is 3.06. The molecule has 3 aromatic rings. The summed E-state index contributed by atoms with van der Waals surface area (Å²) in [6.45, 7) is 3.37. The van der Waals surface area contributed by atoms with E-state index in [4.69, 9.17) is 20.8 Å². The normalized spacial score (nSPS) is 10.4. The second-order valence-corrected chi connectivity index (χ2v) is 6.00. The maximum absolute atomic E-state index is 6.18. The highest BCUT2D eigenvalue weighted by Gasteiger charge is 2.09. The highest BCUT2D eigenvalue weighted by Crippen LogP contribution is 2.29. The van der Waals surface area contributed by atoms with E-state index in [2.05, 4.69) is 11.4 Å². The van der Waals surface area contributed by atoms with Crippen LogP contribution >= 0.6 is 24.0 Å². The summed E-state index contributed by atoms with van der Waals surface area (Å²) in [5.41, 5.74) is 3.18. The minimum atomic E-state index is 0. The molecule has 3 nitrogen and oxygen atoms in total. The zero-order chi connectivity index (χ0) is 16.9. The lowest BCUT2D eigenvalue weighted by atomic mass is 10.1. The third kappa shape index (κ3) is 4.57. The van der Waals surface area contributed by atoms with Crippen LogP contribution in [-0.2, 0) is 13.1 Å². The molecule has 0 amide bonds. The van der Waals surface area contributed by atoms with Crippen molar-refractivity contribution in [2.75, 3.05) is 7.11 Å². The number of furan rings is 1. The van der Waals surface area contributed by atoms with Gasteiger partial charge in [-0.3, -0.25) is 0 Å². The number of halogens is 2. The summed E-state index contributed by atoms with van der Waals surface area (Å²) in [6, 6.07) is 17.8. The maximum atomic E-state index is 6.18. The fraction of sp³-hybridized carbons (Fsp3) is 0.200. The summed E-state index contributed by atoms with van der Waals surface area (Å²) in [5.74, 6) is 2.61. The molecular weight excluding hydrogens is 357 g/mol. The largest absolute Gasteiger partial charge is 0.496 e. The number of benzene rings is 2. The van der Waals surface area contributed by atoms with Gasteiger partial charge in [0.15, 0.2) is 0 Å². The third-order valence-corrected chi connectivity index (χ3v) is 4.41. The molecule has 1 N–H and O–H groups in total. The Morgan fingerprint density at radius 2 is 1.80 bits per heavy atom. The molecule has 0 aliphatic carbocycles. The van der Waals surface area contributed by atoms with Gasteiger partial charge in [-0.05, 0) is 36.8 Å². The van der Waals surface area contributed by atoms with Crippen molar-refractivity contribution < 1.29 is 9.15 Å². The molecule has 1 aromatic heterocycles. The van der Waals surface area contributed by atoms with Crippen LogP contribution in [-0.4, -0.2) is 7.11 Å². The smallest absolute Gasteiger partial charge is 0.134 e. The molecule has 0 aliphatic rings. The molecule has 1 heterocycles. The number of ether oxygens (including phenoxy) is 1. The van der Waals surface area contributed by atoms with E-state index in [0.29, 0.717) is 6.54 Å². The Morgan fingerprint density at radius 3 is 2.60 bits per heavy atom. The molecule has 5 heteroatoms. The number of hydrogen-bond donors (Lipinski definition) is 1. The van der Waals surface area contributed by atoms with Gasteiger partial charge in [0, 0.05) is 22.7 Å². The molecule has 2 aromatic carbocycles. The molecule has 0 radical (unpaired) electrons. The van der Waals surface area contributed by atoms with Crippen molar-refractivity contribution in [1.29, 1.82) is 0 Å². The van der Waals surface area contributed by atoms with E-state index < -0.39 is 0 Å². The summed E-state index contributed by atoms with van der Waals surface area (Å²) < 4.78 is 11.3. The predicted molar refractivity (Wildman–Crippen MR) is 105 cm³/mol. The molecule has 0 bridgehead atoms. The van der Waals surface area contributed by atoms with Crippen molar-refractivity contribution in [3.63, 3.8) is 0 Å². The molecule has 0 fully saturated rings. The lowest BCUT2D eigenvalue weighted by molar-refractivity contribution is 0.406. The Labute approximate surface area is 159 Å². The second-order valence-electron chi connectivity index (χ2n) is 5.59. The van der Waals surface area contributed by atoms with E-state index in [9.17, 15) is 0 Å². The highest BCUT2D eigenvalue weighted by molar-refractivity contribution is 6.31. The molecule has 132 valence electrons. The average molecular weight is 378 g/mol. The summed E-state index contributed by atoms with van der Waals surface area (Å²) in [5, 5.41) is 4.13. The Bertz CT molecular complexity index is 830. The minimum Gasteiger partial charge on any atom is -0.496 e. The van der Waals surface area contributed by atoms with E-state index in [-0.39, 0.29) is 12.4 Å². The van der Waals surface area contributed by atoms with Crippen LogP contribution in [0.1, 0.15) is 16.9 Å². The van der Waals surface area contributed by atoms with Gasteiger partial charge < -0.3 is 14.5 Å². The standard InChI is InChI=1S/C20H20ClNO2.ClH/c1-14-17(7-5-8-18(14)21)20-11-10-16(24-20)13-22-12-15-6-3-4-9-19(15)23-2;/h3-11,22H,12-13H2,1-2H3;1H. The quantitative estimate of drug-likeness (QED) is 0.604. The van der Waals surface area contributed by atoms with Crippen LogP contribution < -0.4 is 10.1 Å². The van der Waals surface area contributed by atoms with Crippen LogP contribution in [0.15, 0.2) is 59.0 Å². The summed E-state index contributed by atoms with van der Waals surface area (Å²) in [6.07, 6.45) is 0.